The van der Waals surface area contributed by atoms with Crippen molar-refractivity contribution in [2.75, 3.05) is 25.4 Å². The zero-order chi connectivity index (χ0) is 12.4. The molecule has 0 fully saturated rings. The first-order valence-electron chi connectivity index (χ1n) is 6.17. The summed E-state index contributed by atoms with van der Waals surface area (Å²) in [6.45, 7) is 7.42. The fourth-order valence-corrected chi connectivity index (χ4v) is 2.22. The van der Waals surface area contributed by atoms with E-state index in [9.17, 15) is 8.42 Å². The molecule has 0 bridgehead atoms. The molecule has 0 aromatic carbocycles. The Hall–Kier alpha value is -0.130. The standard InChI is InChI=1S/C11H25NO3S/c1-3-5-9-12(8-4-2)10-6-7-11-16(13,14)15/h3-11H2,1-2H3,(H,13,14,15). The smallest absolute Gasteiger partial charge is 0.264 e. The third-order valence-electron chi connectivity index (χ3n) is 2.49. The van der Waals surface area contributed by atoms with E-state index in [1.807, 2.05) is 0 Å². The monoisotopic (exact) mass is 251 g/mol. The van der Waals surface area contributed by atoms with Crippen LogP contribution in [-0.2, 0) is 10.1 Å². The summed E-state index contributed by atoms with van der Waals surface area (Å²) in [6.07, 6.45) is 4.89. The summed E-state index contributed by atoms with van der Waals surface area (Å²) in [4.78, 5) is 2.37. The van der Waals surface area contributed by atoms with Gasteiger partial charge in [0.2, 0.25) is 0 Å². The lowest BCUT2D eigenvalue weighted by molar-refractivity contribution is 0.265. The summed E-state index contributed by atoms with van der Waals surface area (Å²) >= 11 is 0. The van der Waals surface area contributed by atoms with E-state index in [1.165, 1.54) is 12.8 Å². The first-order valence-corrected chi connectivity index (χ1v) is 7.78. The van der Waals surface area contributed by atoms with Crippen LogP contribution in [0.1, 0.15) is 46.0 Å². The van der Waals surface area contributed by atoms with E-state index >= 15 is 0 Å². The Morgan fingerprint density at radius 1 is 0.938 bits per heavy atom. The third kappa shape index (κ3) is 10.4. The van der Waals surface area contributed by atoms with Crippen LogP contribution in [0.2, 0.25) is 0 Å². The van der Waals surface area contributed by atoms with E-state index in [0.29, 0.717) is 6.42 Å². The Balaban J connectivity index is 3.66. The van der Waals surface area contributed by atoms with Gasteiger partial charge in [-0.05, 0) is 45.3 Å². The molecule has 0 spiro atoms. The van der Waals surface area contributed by atoms with Gasteiger partial charge in [-0.3, -0.25) is 4.55 Å². The third-order valence-corrected chi connectivity index (χ3v) is 3.30. The molecule has 0 atom stereocenters. The van der Waals surface area contributed by atoms with E-state index in [1.54, 1.807) is 0 Å². The van der Waals surface area contributed by atoms with Gasteiger partial charge in [-0.1, -0.05) is 20.3 Å². The molecule has 0 aromatic rings. The average molecular weight is 251 g/mol. The Labute approximate surface area is 99.8 Å². The molecule has 0 unspecified atom stereocenters. The summed E-state index contributed by atoms with van der Waals surface area (Å²) < 4.78 is 29.6. The van der Waals surface area contributed by atoms with Crippen molar-refractivity contribution in [3.63, 3.8) is 0 Å². The molecule has 4 nitrogen and oxygen atoms in total. The summed E-state index contributed by atoms with van der Waals surface area (Å²) in [7, 11) is -3.77. The van der Waals surface area contributed by atoms with Gasteiger partial charge < -0.3 is 4.90 Å². The highest BCUT2D eigenvalue weighted by atomic mass is 32.2. The summed E-state index contributed by atoms with van der Waals surface area (Å²) in [6, 6.07) is 0. The molecule has 0 aromatic heterocycles. The molecule has 0 aliphatic carbocycles. The highest BCUT2D eigenvalue weighted by Gasteiger charge is 2.06. The second-order valence-electron chi connectivity index (χ2n) is 4.19. The van der Waals surface area contributed by atoms with Crippen molar-refractivity contribution in [2.45, 2.75) is 46.0 Å². The fraction of sp³-hybridized carbons (Fsp3) is 1.00. The molecule has 0 saturated heterocycles. The van der Waals surface area contributed by atoms with Crippen LogP contribution in [0.4, 0.5) is 0 Å². The second-order valence-corrected chi connectivity index (χ2v) is 5.76. The maximum Gasteiger partial charge on any atom is 0.264 e. The van der Waals surface area contributed by atoms with Crippen LogP contribution >= 0.6 is 0 Å². The first kappa shape index (κ1) is 15.9. The maximum absolute atomic E-state index is 10.5. The summed E-state index contributed by atoms with van der Waals surface area (Å²) in [5.74, 6) is -0.110. The molecule has 0 heterocycles. The lowest BCUT2D eigenvalue weighted by atomic mass is 10.2. The molecular formula is C11H25NO3S. The molecule has 0 aliphatic rings. The van der Waals surface area contributed by atoms with E-state index in [2.05, 4.69) is 18.7 Å². The first-order chi connectivity index (χ1) is 7.49. The van der Waals surface area contributed by atoms with Crippen molar-refractivity contribution in [1.82, 2.24) is 4.90 Å². The topological polar surface area (TPSA) is 57.6 Å². The lowest BCUT2D eigenvalue weighted by Gasteiger charge is -2.21. The molecule has 1 N–H and O–H groups in total. The largest absolute Gasteiger partial charge is 0.303 e. The van der Waals surface area contributed by atoms with Crippen LogP contribution in [-0.4, -0.2) is 43.3 Å². The number of hydrogen-bond donors (Lipinski definition) is 1. The van der Waals surface area contributed by atoms with E-state index in [0.717, 1.165) is 32.5 Å². The highest BCUT2D eigenvalue weighted by molar-refractivity contribution is 7.85. The molecule has 0 saturated carbocycles. The van der Waals surface area contributed by atoms with Crippen molar-refractivity contribution >= 4 is 10.1 Å². The summed E-state index contributed by atoms with van der Waals surface area (Å²) in [5.41, 5.74) is 0. The van der Waals surface area contributed by atoms with Gasteiger partial charge in [0.1, 0.15) is 0 Å². The zero-order valence-corrected chi connectivity index (χ0v) is 11.3. The number of hydrogen-bond acceptors (Lipinski definition) is 3. The molecule has 5 heteroatoms. The normalized spacial score (nSPS) is 12.2. The Bertz CT molecular complexity index is 252. The molecule has 0 rings (SSSR count). The van der Waals surface area contributed by atoms with Crippen LogP contribution in [0.5, 0.6) is 0 Å². The van der Waals surface area contributed by atoms with Crippen LogP contribution in [0.25, 0.3) is 0 Å². The van der Waals surface area contributed by atoms with Crippen molar-refractivity contribution in [2.24, 2.45) is 0 Å². The summed E-state index contributed by atoms with van der Waals surface area (Å²) in [5, 5.41) is 0. The minimum absolute atomic E-state index is 0.110. The van der Waals surface area contributed by atoms with Crippen LogP contribution in [0.3, 0.4) is 0 Å². The fourth-order valence-electron chi connectivity index (χ4n) is 1.65. The Kier molecular flexibility index (Phi) is 8.89. The van der Waals surface area contributed by atoms with Crippen molar-refractivity contribution in [1.29, 1.82) is 0 Å². The minimum Gasteiger partial charge on any atom is -0.303 e. The van der Waals surface area contributed by atoms with Crippen LogP contribution in [0, 0.1) is 0 Å². The van der Waals surface area contributed by atoms with Crippen molar-refractivity contribution in [3.8, 4) is 0 Å². The number of nitrogens with zero attached hydrogens (tertiary/aromatic N) is 1. The van der Waals surface area contributed by atoms with Crippen molar-refractivity contribution in [3.05, 3.63) is 0 Å². The van der Waals surface area contributed by atoms with Gasteiger partial charge in [0, 0.05) is 0 Å². The number of rotatable bonds is 10. The highest BCUT2D eigenvalue weighted by Crippen LogP contribution is 2.01. The molecule has 16 heavy (non-hydrogen) atoms. The molecule has 98 valence electrons. The van der Waals surface area contributed by atoms with Gasteiger partial charge in [0.25, 0.3) is 10.1 Å². The molecule has 0 amide bonds. The van der Waals surface area contributed by atoms with Gasteiger partial charge in [-0.25, -0.2) is 0 Å². The predicted molar refractivity (Wildman–Crippen MR) is 67.3 cm³/mol. The SMILES string of the molecule is CCCCN(CCC)CCCCS(=O)(=O)O. The minimum atomic E-state index is -3.77. The average Bonchev–Trinajstić information content (AvgIpc) is 2.19. The van der Waals surface area contributed by atoms with Crippen LogP contribution in [0.15, 0.2) is 0 Å². The van der Waals surface area contributed by atoms with Gasteiger partial charge in [-0.15, -0.1) is 0 Å². The maximum atomic E-state index is 10.5. The molecular weight excluding hydrogens is 226 g/mol. The molecule has 0 aliphatic heterocycles. The quantitative estimate of drug-likeness (QED) is 0.477. The predicted octanol–water partition coefficient (Wildman–Crippen LogP) is 2.17. The Morgan fingerprint density at radius 3 is 2.06 bits per heavy atom. The van der Waals surface area contributed by atoms with E-state index < -0.39 is 10.1 Å². The van der Waals surface area contributed by atoms with Crippen LogP contribution < -0.4 is 0 Å². The zero-order valence-electron chi connectivity index (χ0n) is 10.5. The van der Waals surface area contributed by atoms with Gasteiger partial charge in [-0.2, -0.15) is 8.42 Å². The Morgan fingerprint density at radius 2 is 1.56 bits per heavy atom. The second kappa shape index (κ2) is 8.96. The lowest BCUT2D eigenvalue weighted by Crippen LogP contribution is -2.27. The number of unbranched alkanes of at least 4 members (excludes halogenated alkanes) is 2. The van der Waals surface area contributed by atoms with E-state index in [-0.39, 0.29) is 5.75 Å². The van der Waals surface area contributed by atoms with Gasteiger partial charge in [0.05, 0.1) is 5.75 Å². The van der Waals surface area contributed by atoms with E-state index in [4.69, 9.17) is 4.55 Å². The van der Waals surface area contributed by atoms with Gasteiger partial charge in [0.15, 0.2) is 0 Å². The molecule has 0 radical (unpaired) electrons. The van der Waals surface area contributed by atoms with Gasteiger partial charge >= 0.3 is 0 Å². The van der Waals surface area contributed by atoms with Crippen molar-refractivity contribution < 1.29 is 13.0 Å².